The number of carbonyl (C=O) groups is 2. The van der Waals surface area contributed by atoms with E-state index in [2.05, 4.69) is 29.4 Å². The second kappa shape index (κ2) is 8.97. The minimum Gasteiger partial charge on any atom is -0.493 e. The zero-order valence-corrected chi connectivity index (χ0v) is 17.9. The normalized spacial score (nSPS) is 10.6. The highest BCUT2D eigenvalue weighted by Gasteiger charge is 2.10. The first-order valence-corrected chi connectivity index (χ1v) is 10.4. The van der Waals surface area contributed by atoms with Crippen molar-refractivity contribution in [3.8, 4) is 22.1 Å². The summed E-state index contributed by atoms with van der Waals surface area (Å²) in [6.07, 6.45) is 0.720. The van der Waals surface area contributed by atoms with E-state index < -0.39 is 0 Å². The van der Waals surface area contributed by atoms with Gasteiger partial charge in [-0.1, -0.05) is 6.07 Å². The van der Waals surface area contributed by atoms with Crippen LogP contribution in [0.25, 0.3) is 20.8 Å². The average Bonchev–Trinajstić information content (AvgIpc) is 3.21. The number of hydrogen-bond acceptors (Lipinski definition) is 6. The van der Waals surface area contributed by atoms with E-state index in [0.717, 1.165) is 27.1 Å². The lowest BCUT2D eigenvalue weighted by molar-refractivity contribution is -0.118. The van der Waals surface area contributed by atoms with E-state index in [0.29, 0.717) is 22.7 Å². The Hall–Kier alpha value is -3.71. The Labute approximate surface area is 183 Å². The van der Waals surface area contributed by atoms with Gasteiger partial charge in [0.1, 0.15) is 11.3 Å². The summed E-state index contributed by atoms with van der Waals surface area (Å²) in [5.41, 5.74) is 4.32. The maximum Gasteiger partial charge on any atom is 0.262 e. The van der Waals surface area contributed by atoms with Crippen LogP contribution in [0, 0.1) is 6.92 Å². The maximum atomic E-state index is 12.3. The van der Waals surface area contributed by atoms with E-state index in [4.69, 9.17) is 9.47 Å². The summed E-state index contributed by atoms with van der Waals surface area (Å²) in [6, 6.07) is 18.5. The number of benzene rings is 3. The number of fused-ring (bicyclic) bond motifs is 1. The monoisotopic (exact) mass is 432 g/mol. The summed E-state index contributed by atoms with van der Waals surface area (Å²) in [7, 11) is 1.48. The van der Waals surface area contributed by atoms with Crippen molar-refractivity contribution in [2.45, 2.75) is 6.92 Å². The van der Waals surface area contributed by atoms with E-state index in [1.54, 1.807) is 29.5 Å². The second-order valence-corrected chi connectivity index (χ2v) is 7.96. The zero-order valence-electron chi connectivity index (χ0n) is 17.0. The van der Waals surface area contributed by atoms with Crippen molar-refractivity contribution in [2.75, 3.05) is 19.0 Å². The van der Waals surface area contributed by atoms with E-state index >= 15 is 0 Å². The minimum absolute atomic E-state index is 0.185. The third-order valence-electron chi connectivity index (χ3n) is 4.64. The molecule has 31 heavy (non-hydrogen) atoms. The highest BCUT2D eigenvalue weighted by molar-refractivity contribution is 7.21. The summed E-state index contributed by atoms with van der Waals surface area (Å²) >= 11 is 1.64. The van der Waals surface area contributed by atoms with Crippen LogP contribution in [0.2, 0.25) is 0 Å². The Morgan fingerprint density at radius 3 is 2.61 bits per heavy atom. The molecule has 1 aromatic heterocycles. The number of carbonyl (C=O) groups excluding carboxylic acids is 2. The Bertz CT molecular complexity index is 1250. The Morgan fingerprint density at radius 2 is 1.87 bits per heavy atom. The number of amides is 1. The molecule has 0 saturated heterocycles. The number of rotatable bonds is 7. The molecule has 0 radical (unpaired) electrons. The number of hydrogen-bond donors (Lipinski definition) is 1. The van der Waals surface area contributed by atoms with Gasteiger partial charge >= 0.3 is 0 Å². The van der Waals surface area contributed by atoms with Crippen LogP contribution in [-0.2, 0) is 4.79 Å². The number of ether oxygens (including phenoxy) is 2. The van der Waals surface area contributed by atoms with Crippen LogP contribution in [0.4, 0.5) is 5.69 Å². The van der Waals surface area contributed by atoms with Gasteiger partial charge in [-0.15, -0.1) is 11.3 Å². The Balaban J connectivity index is 1.39. The minimum atomic E-state index is -0.301. The van der Waals surface area contributed by atoms with Gasteiger partial charge in [-0.05, 0) is 67.1 Å². The van der Waals surface area contributed by atoms with Gasteiger partial charge in [0.05, 0.1) is 17.3 Å². The van der Waals surface area contributed by atoms with E-state index in [1.807, 2.05) is 30.3 Å². The molecule has 0 fully saturated rings. The van der Waals surface area contributed by atoms with Gasteiger partial charge in [-0.3, -0.25) is 9.59 Å². The fraction of sp³-hybridized carbons (Fsp3) is 0.125. The number of anilines is 1. The van der Waals surface area contributed by atoms with Crippen molar-refractivity contribution in [3.05, 3.63) is 71.8 Å². The van der Waals surface area contributed by atoms with Crippen LogP contribution in [0.1, 0.15) is 15.9 Å². The van der Waals surface area contributed by atoms with Crippen molar-refractivity contribution in [1.29, 1.82) is 0 Å². The van der Waals surface area contributed by atoms with Crippen molar-refractivity contribution in [3.63, 3.8) is 0 Å². The lowest BCUT2D eigenvalue weighted by Gasteiger charge is -2.11. The number of thiazole rings is 1. The van der Waals surface area contributed by atoms with Gasteiger partial charge in [0, 0.05) is 16.8 Å². The molecular weight excluding hydrogens is 412 g/mol. The maximum absolute atomic E-state index is 12.3. The second-order valence-electron chi connectivity index (χ2n) is 6.93. The third-order valence-corrected chi connectivity index (χ3v) is 5.71. The molecule has 4 aromatic rings. The van der Waals surface area contributed by atoms with E-state index in [9.17, 15) is 9.59 Å². The lowest BCUT2D eigenvalue weighted by Crippen LogP contribution is -2.20. The molecule has 0 aliphatic rings. The zero-order chi connectivity index (χ0) is 21.8. The molecule has 1 heterocycles. The first kappa shape index (κ1) is 20.6. The van der Waals surface area contributed by atoms with Crippen LogP contribution in [-0.4, -0.2) is 30.9 Å². The molecule has 6 nitrogen and oxygen atoms in total. The molecule has 1 N–H and O–H groups in total. The van der Waals surface area contributed by atoms with Gasteiger partial charge in [-0.2, -0.15) is 0 Å². The molecule has 0 unspecified atom stereocenters. The molecule has 1 amide bonds. The summed E-state index contributed by atoms with van der Waals surface area (Å²) in [5, 5.41) is 3.74. The largest absolute Gasteiger partial charge is 0.493 e. The topological polar surface area (TPSA) is 77.5 Å². The number of aldehydes is 1. The molecule has 0 aliphatic carbocycles. The first-order chi connectivity index (χ1) is 15.1. The fourth-order valence-corrected chi connectivity index (χ4v) is 4.14. The molecule has 4 rings (SSSR count). The van der Waals surface area contributed by atoms with Gasteiger partial charge in [0.15, 0.2) is 18.1 Å². The molecule has 0 spiro atoms. The quantitative estimate of drug-likeness (QED) is 0.411. The SMILES string of the molecule is COc1cc(C=O)ccc1OCC(=O)Nc1ccc(-c2nc3ccc(C)cc3s2)cc1. The lowest BCUT2D eigenvalue weighted by atomic mass is 10.2. The number of nitrogens with one attached hydrogen (secondary N) is 1. The predicted octanol–water partition coefficient (Wildman–Crippen LogP) is 5.11. The van der Waals surface area contributed by atoms with E-state index in [-0.39, 0.29) is 12.5 Å². The summed E-state index contributed by atoms with van der Waals surface area (Å²) in [4.78, 5) is 27.8. The Morgan fingerprint density at radius 1 is 1.06 bits per heavy atom. The average molecular weight is 433 g/mol. The first-order valence-electron chi connectivity index (χ1n) is 9.59. The molecule has 0 saturated carbocycles. The van der Waals surface area contributed by atoms with Crippen LogP contribution in [0.5, 0.6) is 11.5 Å². The predicted molar refractivity (Wildman–Crippen MR) is 122 cm³/mol. The number of methoxy groups -OCH3 is 1. The molecular formula is C24H20N2O4S. The van der Waals surface area contributed by atoms with Crippen molar-refractivity contribution < 1.29 is 19.1 Å². The van der Waals surface area contributed by atoms with Gasteiger partial charge < -0.3 is 14.8 Å². The summed E-state index contributed by atoms with van der Waals surface area (Å²) in [6.45, 7) is 1.88. The molecule has 156 valence electrons. The van der Waals surface area contributed by atoms with Crippen LogP contribution in [0.3, 0.4) is 0 Å². The highest BCUT2D eigenvalue weighted by atomic mass is 32.1. The standard InChI is InChI=1S/C24H20N2O4S/c1-15-3-9-19-22(11-15)31-24(26-19)17-5-7-18(8-6-17)25-23(28)14-30-20-10-4-16(13-27)12-21(20)29-2/h3-13H,14H2,1-2H3,(H,25,28). The number of aryl methyl sites for hydroxylation is 1. The summed E-state index contributed by atoms with van der Waals surface area (Å²) in [5.74, 6) is 0.488. The van der Waals surface area contributed by atoms with Gasteiger partial charge in [0.25, 0.3) is 5.91 Å². The number of nitrogens with zero attached hydrogens (tertiary/aromatic N) is 1. The third kappa shape index (κ3) is 4.73. The molecule has 7 heteroatoms. The fourth-order valence-electron chi connectivity index (χ4n) is 3.07. The number of aromatic nitrogens is 1. The van der Waals surface area contributed by atoms with Crippen molar-refractivity contribution in [1.82, 2.24) is 4.98 Å². The van der Waals surface area contributed by atoms with Gasteiger partial charge in [0.2, 0.25) is 0 Å². The smallest absolute Gasteiger partial charge is 0.262 e. The van der Waals surface area contributed by atoms with Crippen molar-refractivity contribution >= 4 is 39.4 Å². The van der Waals surface area contributed by atoms with Gasteiger partial charge in [-0.25, -0.2) is 4.98 Å². The summed E-state index contributed by atoms with van der Waals surface area (Å²) < 4.78 is 11.9. The van der Waals surface area contributed by atoms with E-state index in [1.165, 1.54) is 12.7 Å². The molecule has 0 bridgehead atoms. The van der Waals surface area contributed by atoms with Crippen LogP contribution < -0.4 is 14.8 Å². The molecule has 0 aliphatic heterocycles. The van der Waals surface area contributed by atoms with Crippen LogP contribution in [0.15, 0.2) is 60.7 Å². The molecule has 3 aromatic carbocycles. The highest BCUT2D eigenvalue weighted by Crippen LogP contribution is 2.31. The Kier molecular flexibility index (Phi) is 5.95. The van der Waals surface area contributed by atoms with Crippen molar-refractivity contribution in [2.24, 2.45) is 0 Å². The van der Waals surface area contributed by atoms with Crippen LogP contribution >= 0.6 is 11.3 Å². The molecule has 0 atom stereocenters.